The number of hydrogen-bond donors (Lipinski definition) is 1. The molecule has 1 atom stereocenters. The summed E-state index contributed by atoms with van der Waals surface area (Å²) in [7, 11) is 0. The van der Waals surface area contributed by atoms with Crippen LogP contribution < -0.4 is 15.2 Å². The molecule has 2 fully saturated rings. The van der Waals surface area contributed by atoms with Crippen LogP contribution in [0.25, 0.3) is 11.0 Å². The second-order valence-electron chi connectivity index (χ2n) is 8.66. The van der Waals surface area contributed by atoms with E-state index in [0.717, 1.165) is 12.5 Å². The van der Waals surface area contributed by atoms with Crippen molar-refractivity contribution >= 4 is 28.5 Å². The molecule has 0 aliphatic carbocycles. The lowest BCUT2D eigenvalue weighted by molar-refractivity contribution is -0.136. The highest BCUT2D eigenvalue weighted by atomic mass is 19.1. The summed E-state index contributed by atoms with van der Waals surface area (Å²) in [4.78, 5) is 28.4. The summed E-state index contributed by atoms with van der Waals surface area (Å²) in [5.74, 6) is -1.94. The number of fused-ring (bicyclic) bond motifs is 1. The van der Waals surface area contributed by atoms with Crippen LogP contribution in [0.2, 0.25) is 0 Å². The zero-order chi connectivity index (χ0) is 23.8. The zero-order valence-corrected chi connectivity index (χ0v) is 18.4. The maximum Gasteiger partial charge on any atom is 0.307 e. The smallest absolute Gasteiger partial charge is 0.307 e. The topological polar surface area (TPSA) is 83.2 Å². The van der Waals surface area contributed by atoms with Crippen LogP contribution in [0.5, 0.6) is 0 Å². The molecule has 3 aromatic rings. The lowest BCUT2D eigenvalue weighted by Gasteiger charge is -2.29. The lowest BCUT2D eigenvalue weighted by Crippen LogP contribution is -2.36. The summed E-state index contributed by atoms with van der Waals surface area (Å²) in [6.45, 7) is 2.77. The van der Waals surface area contributed by atoms with Crippen molar-refractivity contribution in [3.63, 3.8) is 0 Å². The fraction of sp³-hybridized carbons (Fsp3) is 0.360. The number of aliphatic carboxylic acids is 1. The van der Waals surface area contributed by atoms with E-state index in [1.807, 2.05) is 9.80 Å². The third kappa shape index (κ3) is 4.35. The van der Waals surface area contributed by atoms with Crippen LogP contribution in [0.4, 0.5) is 20.4 Å². The average Bonchev–Trinajstić information content (AvgIpc) is 3.28. The molecule has 7 nitrogen and oxygen atoms in total. The minimum Gasteiger partial charge on any atom is -0.481 e. The Morgan fingerprint density at radius 1 is 1.03 bits per heavy atom. The Bertz CT molecular complexity index is 1280. The summed E-state index contributed by atoms with van der Waals surface area (Å²) in [6, 6.07) is 7.77. The van der Waals surface area contributed by atoms with Gasteiger partial charge in [-0.1, -0.05) is 0 Å². The van der Waals surface area contributed by atoms with Crippen molar-refractivity contribution < 1.29 is 27.8 Å². The van der Waals surface area contributed by atoms with Crippen LogP contribution in [0.3, 0.4) is 0 Å². The molecular formula is C25H24F2N2O5. The molecule has 0 radical (unpaired) electrons. The number of hydrogen-bond acceptors (Lipinski definition) is 6. The Labute approximate surface area is 194 Å². The van der Waals surface area contributed by atoms with Crippen molar-refractivity contribution in [2.75, 3.05) is 42.6 Å². The van der Waals surface area contributed by atoms with E-state index >= 15 is 0 Å². The van der Waals surface area contributed by atoms with Crippen LogP contribution >= 0.6 is 0 Å². The van der Waals surface area contributed by atoms with Crippen LogP contribution in [0.15, 0.2) is 45.6 Å². The normalized spacial score (nSPS) is 18.6. The number of ether oxygens (including phenoxy) is 1. The summed E-state index contributed by atoms with van der Waals surface area (Å²) < 4.78 is 39.6. The molecule has 2 saturated heterocycles. The van der Waals surface area contributed by atoms with Crippen molar-refractivity contribution in [2.45, 2.75) is 25.3 Å². The molecular weight excluding hydrogens is 446 g/mol. The second-order valence-corrected chi connectivity index (χ2v) is 8.66. The second kappa shape index (κ2) is 9.06. The third-order valence-electron chi connectivity index (χ3n) is 6.37. The largest absolute Gasteiger partial charge is 0.481 e. The van der Waals surface area contributed by atoms with Crippen molar-refractivity contribution in [1.29, 1.82) is 0 Å². The maximum absolute atomic E-state index is 14.0. The highest BCUT2D eigenvalue weighted by Crippen LogP contribution is 2.40. The van der Waals surface area contributed by atoms with E-state index in [-0.39, 0.29) is 17.9 Å². The number of carboxylic acid groups (broad SMARTS) is 1. The van der Waals surface area contributed by atoms with Gasteiger partial charge in [-0.05, 0) is 42.7 Å². The Morgan fingerprint density at radius 3 is 2.47 bits per heavy atom. The van der Waals surface area contributed by atoms with Crippen molar-refractivity contribution in [3.8, 4) is 0 Å². The van der Waals surface area contributed by atoms with Gasteiger partial charge >= 0.3 is 5.97 Å². The fourth-order valence-corrected chi connectivity index (χ4v) is 4.90. The van der Waals surface area contributed by atoms with Crippen molar-refractivity contribution in [1.82, 2.24) is 0 Å². The van der Waals surface area contributed by atoms with Gasteiger partial charge in [-0.3, -0.25) is 9.59 Å². The van der Waals surface area contributed by atoms with Gasteiger partial charge in [-0.2, -0.15) is 0 Å². The molecule has 0 bridgehead atoms. The van der Waals surface area contributed by atoms with Crippen LogP contribution in [-0.4, -0.2) is 43.9 Å². The predicted molar refractivity (Wildman–Crippen MR) is 123 cm³/mol. The Morgan fingerprint density at radius 2 is 1.76 bits per heavy atom. The van der Waals surface area contributed by atoms with E-state index in [4.69, 9.17) is 9.15 Å². The molecule has 5 rings (SSSR count). The molecule has 178 valence electrons. The average molecular weight is 470 g/mol. The lowest BCUT2D eigenvalue weighted by atomic mass is 9.96. The quantitative estimate of drug-likeness (QED) is 0.606. The molecule has 2 aromatic carbocycles. The SMILES string of the molecule is O=C(O)Cc1cc([C@H]2CCCN2c2cc(F)cc(F)c2)c2oc(N3CCOCC3)cc(=O)c2c1. The van der Waals surface area contributed by atoms with Gasteiger partial charge in [0, 0.05) is 43.0 Å². The first kappa shape index (κ1) is 22.3. The summed E-state index contributed by atoms with van der Waals surface area (Å²) in [5.41, 5.74) is 1.61. The first-order valence-corrected chi connectivity index (χ1v) is 11.3. The van der Waals surface area contributed by atoms with Gasteiger partial charge in [0.25, 0.3) is 0 Å². The molecule has 0 amide bonds. The fourth-order valence-electron chi connectivity index (χ4n) is 4.90. The van der Waals surface area contributed by atoms with Crippen LogP contribution in [-0.2, 0) is 16.0 Å². The van der Waals surface area contributed by atoms with Gasteiger partial charge in [-0.25, -0.2) is 8.78 Å². The van der Waals surface area contributed by atoms with E-state index in [9.17, 15) is 23.5 Å². The third-order valence-corrected chi connectivity index (χ3v) is 6.37. The van der Waals surface area contributed by atoms with Gasteiger partial charge in [-0.15, -0.1) is 0 Å². The number of halogens is 2. The summed E-state index contributed by atoms with van der Waals surface area (Å²) in [5, 5.41) is 9.65. The molecule has 2 aliphatic rings. The minimum atomic E-state index is -1.02. The first-order valence-electron chi connectivity index (χ1n) is 11.3. The molecule has 0 unspecified atom stereocenters. The molecule has 9 heteroatoms. The highest BCUT2D eigenvalue weighted by Gasteiger charge is 2.30. The minimum absolute atomic E-state index is 0.255. The van der Waals surface area contributed by atoms with E-state index in [1.165, 1.54) is 18.2 Å². The van der Waals surface area contributed by atoms with E-state index in [0.29, 0.717) is 72.9 Å². The molecule has 0 saturated carbocycles. The Balaban J connectivity index is 1.67. The van der Waals surface area contributed by atoms with Gasteiger partial charge in [0.2, 0.25) is 0 Å². The molecule has 1 aromatic heterocycles. The van der Waals surface area contributed by atoms with Gasteiger partial charge < -0.3 is 24.1 Å². The summed E-state index contributed by atoms with van der Waals surface area (Å²) >= 11 is 0. The highest BCUT2D eigenvalue weighted by molar-refractivity contribution is 5.84. The van der Waals surface area contributed by atoms with Crippen LogP contribution in [0, 0.1) is 11.6 Å². The number of carboxylic acids is 1. The van der Waals surface area contributed by atoms with Gasteiger partial charge in [0.15, 0.2) is 11.3 Å². The maximum atomic E-state index is 14.0. The predicted octanol–water partition coefficient (Wildman–Crippen LogP) is 3.88. The number of benzene rings is 2. The standard InChI is InChI=1S/C25H24F2N2O5/c26-16-11-17(27)13-18(12-16)29-3-1-2-21(29)19-8-15(10-24(31)32)9-20-22(30)14-23(34-25(19)20)28-4-6-33-7-5-28/h8-9,11-14,21H,1-7,10H2,(H,31,32)/t21-/m1/s1. The molecule has 34 heavy (non-hydrogen) atoms. The molecule has 3 heterocycles. The number of anilines is 2. The zero-order valence-electron chi connectivity index (χ0n) is 18.4. The van der Waals surface area contributed by atoms with Crippen molar-refractivity contribution in [3.05, 3.63) is 69.4 Å². The van der Waals surface area contributed by atoms with Gasteiger partial charge in [0.1, 0.15) is 17.2 Å². The van der Waals surface area contributed by atoms with Gasteiger partial charge in [0.05, 0.1) is 31.1 Å². The Kier molecular flexibility index (Phi) is 5.95. The number of carbonyl (C=O) groups is 1. The number of rotatable bonds is 5. The molecule has 2 aliphatic heterocycles. The monoisotopic (exact) mass is 470 g/mol. The van der Waals surface area contributed by atoms with Crippen LogP contribution in [0.1, 0.15) is 30.0 Å². The van der Waals surface area contributed by atoms with E-state index in [2.05, 4.69) is 0 Å². The number of morpholine rings is 1. The Hall–Kier alpha value is -3.46. The molecule has 0 spiro atoms. The first-order chi connectivity index (χ1) is 16.4. The van der Waals surface area contributed by atoms with E-state index < -0.39 is 17.6 Å². The molecule has 1 N–H and O–H groups in total. The van der Waals surface area contributed by atoms with Crippen molar-refractivity contribution in [2.24, 2.45) is 0 Å². The number of nitrogens with zero attached hydrogens (tertiary/aromatic N) is 2. The van der Waals surface area contributed by atoms with E-state index in [1.54, 1.807) is 12.1 Å². The summed E-state index contributed by atoms with van der Waals surface area (Å²) in [6.07, 6.45) is 1.17.